The number of ether oxygens (including phenoxy) is 1. The van der Waals surface area contributed by atoms with Crippen LogP contribution in [0.1, 0.15) is 12.5 Å². The zero-order chi connectivity index (χ0) is 13.7. The maximum Gasteiger partial charge on any atom is 0.218 e. The van der Waals surface area contributed by atoms with Crippen LogP contribution in [0.15, 0.2) is 35.1 Å². The van der Waals surface area contributed by atoms with Gasteiger partial charge in [-0.25, -0.2) is 14.4 Å². The summed E-state index contributed by atoms with van der Waals surface area (Å²) in [5.41, 5.74) is 0.561. The molecule has 100 valence electrons. The van der Waals surface area contributed by atoms with E-state index in [1.165, 1.54) is 12.4 Å². The van der Waals surface area contributed by atoms with Gasteiger partial charge in [0, 0.05) is 22.6 Å². The van der Waals surface area contributed by atoms with Crippen LogP contribution in [0, 0.1) is 5.82 Å². The Kier molecular flexibility index (Phi) is 4.68. The summed E-state index contributed by atoms with van der Waals surface area (Å²) in [7, 11) is 0. The molecule has 0 radical (unpaired) electrons. The topological polar surface area (TPSA) is 47.0 Å². The number of hydrogen-bond donors (Lipinski definition) is 1. The zero-order valence-corrected chi connectivity index (χ0v) is 11.9. The number of rotatable bonds is 5. The van der Waals surface area contributed by atoms with Crippen LogP contribution >= 0.6 is 15.9 Å². The number of anilines is 1. The molecule has 0 amide bonds. The second kappa shape index (κ2) is 6.47. The highest BCUT2D eigenvalue weighted by Crippen LogP contribution is 2.17. The summed E-state index contributed by atoms with van der Waals surface area (Å²) < 4.78 is 19.7. The van der Waals surface area contributed by atoms with Gasteiger partial charge in [-0.2, -0.15) is 0 Å². The first-order valence-corrected chi connectivity index (χ1v) is 6.61. The van der Waals surface area contributed by atoms with E-state index in [4.69, 9.17) is 4.74 Å². The Bertz CT molecular complexity index is 565. The number of aromatic nitrogens is 2. The molecule has 0 saturated heterocycles. The number of nitrogens with one attached hydrogen (secondary N) is 1. The quantitative estimate of drug-likeness (QED) is 0.915. The predicted octanol–water partition coefficient (Wildman–Crippen LogP) is 3.39. The monoisotopic (exact) mass is 325 g/mol. The van der Waals surface area contributed by atoms with Gasteiger partial charge in [-0.1, -0.05) is 15.9 Å². The van der Waals surface area contributed by atoms with Crippen molar-refractivity contribution >= 4 is 21.7 Å². The van der Waals surface area contributed by atoms with Crippen molar-refractivity contribution in [1.82, 2.24) is 9.97 Å². The molecule has 0 aliphatic carbocycles. The van der Waals surface area contributed by atoms with Gasteiger partial charge >= 0.3 is 0 Å². The highest BCUT2D eigenvalue weighted by molar-refractivity contribution is 9.10. The van der Waals surface area contributed by atoms with E-state index < -0.39 is 0 Å². The fourth-order valence-corrected chi connectivity index (χ4v) is 1.94. The third-order valence-corrected chi connectivity index (χ3v) is 2.90. The van der Waals surface area contributed by atoms with Gasteiger partial charge in [0.15, 0.2) is 0 Å². The molecule has 1 heterocycles. The summed E-state index contributed by atoms with van der Waals surface area (Å²) in [6.07, 6.45) is 1.41. The lowest BCUT2D eigenvalue weighted by Gasteiger charge is -2.08. The molecular weight excluding hydrogens is 313 g/mol. The van der Waals surface area contributed by atoms with Crippen molar-refractivity contribution in [3.05, 3.63) is 46.4 Å². The van der Waals surface area contributed by atoms with Crippen LogP contribution in [0.2, 0.25) is 0 Å². The lowest BCUT2D eigenvalue weighted by atomic mass is 10.2. The molecule has 0 aliphatic heterocycles. The second-order valence-electron chi connectivity index (χ2n) is 3.76. The summed E-state index contributed by atoms with van der Waals surface area (Å²) in [5, 5.41) is 3.04. The van der Waals surface area contributed by atoms with Crippen LogP contribution in [-0.2, 0) is 6.54 Å². The Hall–Kier alpha value is -1.69. The lowest BCUT2D eigenvalue weighted by Crippen LogP contribution is -2.04. The highest BCUT2D eigenvalue weighted by Gasteiger charge is 2.04. The van der Waals surface area contributed by atoms with Gasteiger partial charge < -0.3 is 10.1 Å². The lowest BCUT2D eigenvalue weighted by molar-refractivity contribution is 0.326. The van der Waals surface area contributed by atoms with Gasteiger partial charge in [0.05, 0.1) is 6.61 Å². The van der Waals surface area contributed by atoms with Crippen LogP contribution in [0.25, 0.3) is 0 Å². The number of benzene rings is 1. The Morgan fingerprint density at radius 3 is 2.95 bits per heavy atom. The molecule has 1 aromatic carbocycles. The van der Waals surface area contributed by atoms with E-state index in [0.717, 1.165) is 4.47 Å². The van der Waals surface area contributed by atoms with Gasteiger partial charge in [0.25, 0.3) is 0 Å². The third kappa shape index (κ3) is 3.89. The van der Waals surface area contributed by atoms with E-state index in [1.54, 1.807) is 18.2 Å². The summed E-state index contributed by atoms with van der Waals surface area (Å²) in [4.78, 5) is 8.01. The fourth-order valence-electron chi connectivity index (χ4n) is 1.53. The smallest absolute Gasteiger partial charge is 0.218 e. The minimum absolute atomic E-state index is 0.255. The molecule has 0 spiro atoms. The summed E-state index contributed by atoms with van der Waals surface area (Å²) in [6.45, 7) is 2.76. The molecule has 0 atom stereocenters. The molecule has 0 bridgehead atoms. The number of halogens is 2. The third-order valence-electron chi connectivity index (χ3n) is 2.40. The molecular formula is C13H13BrFN3O. The Morgan fingerprint density at radius 1 is 1.32 bits per heavy atom. The molecule has 0 unspecified atom stereocenters. The standard InChI is InChI=1S/C13H13BrFN3O/c1-2-19-13-6-12(17-8-18-13)16-7-9-5-10(14)3-4-11(9)15/h3-6,8H,2,7H2,1H3,(H,16,17,18). The first kappa shape index (κ1) is 13.7. The average molecular weight is 326 g/mol. The minimum Gasteiger partial charge on any atom is -0.478 e. The summed E-state index contributed by atoms with van der Waals surface area (Å²) in [5.74, 6) is 0.835. The van der Waals surface area contributed by atoms with Gasteiger partial charge in [-0.15, -0.1) is 0 Å². The van der Waals surface area contributed by atoms with Crippen LogP contribution in [0.5, 0.6) is 5.88 Å². The van der Waals surface area contributed by atoms with Crippen molar-refractivity contribution in [2.75, 3.05) is 11.9 Å². The average Bonchev–Trinajstić information content (AvgIpc) is 2.41. The number of hydrogen-bond acceptors (Lipinski definition) is 4. The van der Waals surface area contributed by atoms with Gasteiger partial charge in [0.1, 0.15) is 18.0 Å². The van der Waals surface area contributed by atoms with Crippen LogP contribution in [-0.4, -0.2) is 16.6 Å². The van der Waals surface area contributed by atoms with E-state index in [-0.39, 0.29) is 5.82 Å². The maximum atomic E-state index is 13.6. The molecule has 0 aliphatic rings. The second-order valence-corrected chi connectivity index (χ2v) is 4.68. The van der Waals surface area contributed by atoms with Gasteiger partial charge in [-0.05, 0) is 25.1 Å². The Labute approximate surface area is 119 Å². The Balaban J connectivity index is 2.05. The molecule has 2 aromatic rings. The van der Waals surface area contributed by atoms with Crippen molar-refractivity contribution in [3.63, 3.8) is 0 Å². The van der Waals surface area contributed by atoms with Crippen LogP contribution in [0.3, 0.4) is 0 Å². The minimum atomic E-state index is -0.255. The van der Waals surface area contributed by atoms with E-state index >= 15 is 0 Å². The van der Waals surface area contributed by atoms with Crippen LogP contribution < -0.4 is 10.1 Å². The predicted molar refractivity (Wildman–Crippen MR) is 74.6 cm³/mol. The van der Waals surface area contributed by atoms with Crippen molar-refractivity contribution in [2.24, 2.45) is 0 Å². The molecule has 1 N–H and O–H groups in total. The first-order chi connectivity index (χ1) is 9.19. The highest BCUT2D eigenvalue weighted by atomic mass is 79.9. The van der Waals surface area contributed by atoms with Crippen molar-refractivity contribution in [1.29, 1.82) is 0 Å². The zero-order valence-electron chi connectivity index (χ0n) is 10.4. The summed E-state index contributed by atoms with van der Waals surface area (Å²) in [6, 6.07) is 6.50. The van der Waals surface area contributed by atoms with Crippen molar-refractivity contribution < 1.29 is 9.13 Å². The molecule has 0 saturated carbocycles. The molecule has 19 heavy (non-hydrogen) atoms. The van der Waals surface area contributed by atoms with Crippen LogP contribution in [0.4, 0.5) is 10.2 Å². The van der Waals surface area contributed by atoms with E-state index in [1.807, 2.05) is 6.92 Å². The summed E-state index contributed by atoms with van der Waals surface area (Å²) >= 11 is 3.31. The van der Waals surface area contributed by atoms with Gasteiger partial charge in [-0.3, -0.25) is 0 Å². The molecule has 2 rings (SSSR count). The molecule has 4 nitrogen and oxygen atoms in total. The van der Waals surface area contributed by atoms with E-state index in [0.29, 0.717) is 30.4 Å². The fraction of sp³-hybridized carbons (Fsp3) is 0.231. The van der Waals surface area contributed by atoms with Crippen molar-refractivity contribution in [3.8, 4) is 5.88 Å². The molecule has 1 aromatic heterocycles. The Morgan fingerprint density at radius 2 is 2.16 bits per heavy atom. The normalized spacial score (nSPS) is 10.3. The van der Waals surface area contributed by atoms with Crippen molar-refractivity contribution in [2.45, 2.75) is 13.5 Å². The van der Waals surface area contributed by atoms with Gasteiger partial charge in [0.2, 0.25) is 5.88 Å². The molecule has 6 heteroatoms. The largest absolute Gasteiger partial charge is 0.478 e. The SMILES string of the molecule is CCOc1cc(NCc2cc(Br)ccc2F)ncn1. The maximum absolute atomic E-state index is 13.6. The first-order valence-electron chi connectivity index (χ1n) is 5.81. The van der Waals surface area contributed by atoms with E-state index in [2.05, 4.69) is 31.2 Å². The van der Waals surface area contributed by atoms with E-state index in [9.17, 15) is 4.39 Å². The molecule has 0 fully saturated rings. The number of nitrogens with zero attached hydrogens (tertiary/aromatic N) is 2.